The normalized spacial score (nSPS) is 10.4. The van der Waals surface area contributed by atoms with Gasteiger partial charge in [0.15, 0.2) is 0 Å². The largest absolute Gasteiger partial charge is 0.481 e. The van der Waals surface area contributed by atoms with Crippen molar-refractivity contribution in [1.82, 2.24) is 5.32 Å². The van der Waals surface area contributed by atoms with Crippen molar-refractivity contribution in [3.05, 3.63) is 35.4 Å². The molecule has 0 aliphatic heterocycles. The van der Waals surface area contributed by atoms with E-state index >= 15 is 0 Å². The van der Waals surface area contributed by atoms with Gasteiger partial charge in [-0.15, -0.1) is 0 Å². The maximum absolute atomic E-state index is 10.3. The smallest absolute Gasteiger partial charge is 0.303 e. The fourth-order valence-electron chi connectivity index (χ4n) is 1.64. The number of hydrogen-bond donors (Lipinski definition) is 2. The van der Waals surface area contributed by atoms with Gasteiger partial charge in [-0.1, -0.05) is 36.2 Å². The minimum absolute atomic E-state index is 0.290. The highest BCUT2D eigenvalue weighted by Crippen LogP contribution is 2.03. The quantitative estimate of drug-likeness (QED) is 0.681. The molecule has 0 heterocycles. The molecule has 3 nitrogen and oxygen atoms in total. The lowest BCUT2D eigenvalue weighted by Crippen LogP contribution is -2.14. The van der Waals surface area contributed by atoms with Gasteiger partial charge < -0.3 is 10.4 Å². The Morgan fingerprint density at radius 2 is 1.88 bits per heavy atom. The fourth-order valence-corrected chi connectivity index (χ4v) is 1.64. The second kappa shape index (κ2) is 7.85. The van der Waals surface area contributed by atoms with E-state index in [1.807, 2.05) is 0 Å². The van der Waals surface area contributed by atoms with Crippen LogP contribution in [-0.4, -0.2) is 17.6 Å². The van der Waals surface area contributed by atoms with Crippen LogP contribution in [-0.2, 0) is 11.3 Å². The van der Waals surface area contributed by atoms with Crippen LogP contribution in [0.5, 0.6) is 0 Å². The van der Waals surface area contributed by atoms with E-state index in [0.717, 1.165) is 32.4 Å². The molecular weight excluding hydrogens is 214 g/mol. The van der Waals surface area contributed by atoms with Crippen molar-refractivity contribution < 1.29 is 9.90 Å². The Bertz CT molecular complexity index is 333. The van der Waals surface area contributed by atoms with E-state index < -0.39 is 5.97 Å². The highest BCUT2D eigenvalue weighted by molar-refractivity contribution is 5.66. The Morgan fingerprint density at radius 3 is 2.53 bits per heavy atom. The maximum Gasteiger partial charge on any atom is 0.303 e. The molecule has 0 aliphatic rings. The number of hydrogen-bond acceptors (Lipinski definition) is 2. The first-order valence-corrected chi connectivity index (χ1v) is 6.16. The highest BCUT2D eigenvalue weighted by atomic mass is 16.4. The van der Waals surface area contributed by atoms with Crippen molar-refractivity contribution in [3.63, 3.8) is 0 Å². The maximum atomic E-state index is 10.3. The van der Waals surface area contributed by atoms with Crippen LogP contribution >= 0.6 is 0 Å². The number of unbranched alkanes of at least 4 members (excludes halogenated alkanes) is 2. The van der Waals surface area contributed by atoms with Crippen LogP contribution in [0, 0.1) is 6.92 Å². The van der Waals surface area contributed by atoms with Crippen LogP contribution in [0.3, 0.4) is 0 Å². The molecule has 17 heavy (non-hydrogen) atoms. The first-order valence-electron chi connectivity index (χ1n) is 6.16. The van der Waals surface area contributed by atoms with Crippen LogP contribution in [0.1, 0.15) is 36.8 Å². The Morgan fingerprint density at radius 1 is 1.18 bits per heavy atom. The van der Waals surface area contributed by atoms with Gasteiger partial charge in [-0.05, 0) is 31.9 Å². The number of rotatable bonds is 8. The number of carboxylic acids is 1. The van der Waals surface area contributed by atoms with Gasteiger partial charge >= 0.3 is 5.97 Å². The molecule has 1 aromatic rings. The van der Waals surface area contributed by atoms with E-state index in [4.69, 9.17) is 5.11 Å². The summed E-state index contributed by atoms with van der Waals surface area (Å²) in [6.45, 7) is 3.92. The molecule has 0 unspecified atom stereocenters. The minimum Gasteiger partial charge on any atom is -0.481 e. The van der Waals surface area contributed by atoms with Gasteiger partial charge in [0.05, 0.1) is 0 Å². The number of aryl methyl sites for hydroxylation is 1. The standard InChI is InChI=1S/C14H21NO2/c1-12-6-8-13(9-7-12)11-15-10-4-2-3-5-14(16)17/h6-9,15H,2-5,10-11H2,1H3,(H,16,17). The average molecular weight is 235 g/mol. The molecule has 0 bridgehead atoms. The van der Waals surface area contributed by atoms with Crippen LogP contribution < -0.4 is 5.32 Å². The van der Waals surface area contributed by atoms with E-state index in [2.05, 4.69) is 36.5 Å². The summed E-state index contributed by atoms with van der Waals surface area (Å²) in [6, 6.07) is 8.49. The zero-order valence-electron chi connectivity index (χ0n) is 10.4. The van der Waals surface area contributed by atoms with Gasteiger partial charge in [0, 0.05) is 13.0 Å². The van der Waals surface area contributed by atoms with Gasteiger partial charge in [-0.2, -0.15) is 0 Å². The molecule has 0 saturated carbocycles. The van der Waals surface area contributed by atoms with E-state index in [1.165, 1.54) is 11.1 Å². The molecule has 94 valence electrons. The molecule has 0 aliphatic carbocycles. The molecule has 3 heteroatoms. The van der Waals surface area contributed by atoms with Crippen LogP contribution in [0.2, 0.25) is 0 Å². The second-order valence-corrected chi connectivity index (χ2v) is 4.37. The molecule has 0 atom stereocenters. The zero-order chi connectivity index (χ0) is 12.5. The van der Waals surface area contributed by atoms with E-state index in [-0.39, 0.29) is 6.42 Å². The SMILES string of the molecule is Cc1ccc(CNCCCCCC(=O)O)cc1. The monoisotopic (exact) mass is 235 g/mol. The topological polar surface area (TPSA) is 49.3 Å². The number of carboxylic acid groups (broad SMARTS) is 1. The van der Waals surface area contributed by atoms with Crippen LogP contribution in [0.25, 0.3) is 0 Å². The molecule has 0 spiro atoms. The summed E-state index contributed by atoms with van der Waals surface area (Å²) < 4.78 is 0. The van der Waals surface area contributed by atoms with E-state index in [1.54, 1.807) is 0 Å². The third kappa shape index (κ3) is 6.74. The lowest BCUT2D eigenvalue weighted by Gasteiger charge is -2.05. The minimum atomic E-state index is -0.697. The predicted molar refractivity (Wildman–Crippen MR) is 69.0 cm³/mol. The van der Waals surface area contributed by atoms with Crippen molar-refractivity contribution in [2.24, 2.45) is 0 Å². The number of aliphatic carboxylic acids is 1. The molecule has 0 saturated heterocycles. The third-order valence-corrected chi connectivity index (χ3v) is 2.69. The first-order chi connectivity index (χ1) is 8.18. The second-order valence-electron chi connectivity index (χ2n) is 4.37. The summed E-state index contributed by atoms with van der Waals surface area (Å²) in [4.78, 5) is 10.3. The van der Waals surface area contributed by atoms with Gasteiger partial charge in [-0.25, -0.2) is 0 Å². The van der Waals surface area contributed by atoms with Gasteiger partial charge in [-0.3, -0.25) is 4.79 Å². The Labute approximate surface area is 103 Å². The van der Waals surface area contributed by atoms with Crippen LogP contribution in [0.15, 0.2) is 24.3 Å². The summed E-state index contributed by atoms with van der Waals surface area (Å²) >= 11 is 0. The van der Waals surface area contributed by atoms with Gasteiger partial charge in [0.1, 0.15) is 0 Å². The van der Waals surface area contributed by atoms with Crippen LogP contribution in [0.4, 0.5) is 0 Å². The van der Waals surface area contributed by atoms with Crippen molar-refractivity contribution >= 4 is 5.97 Å². The average Bonchev–Trinajstić information content (AvgIpc) is 2.30. The van der Waals surface area contributed by atoms with Crippen molar-refractivity contribution in [2.45, 2.75) is 39.2 Å². The summed E-state index contributed by atoms with van der Waals surface area (Å²) in [6.07, 6.45) is 3.09. The van der Waals surface area contributed by atoms with Gasteiger partial charge in [0.25, 0.3) is 0 Å². The lowest BCUT2D eigenvalue weighted by molar-refractivity contribution is -0.137. The molecule has 2 N–H and O–H groups in total. The Balaban J connectivity index is 2.01. The molecule has 1 aromatic carbocycles. The Kier molecular flexibility index (Phi) is 6.33. The summed E-state index contributed by atoms with van der Waals surface area (Å²) in [5.74, 6) is -0.697. The van der Waals surface area contributed by atoms with E-state index in [0.29, 0.717) is 0 Å². The molecular formula is C14H21NO2. The van der Waals surface area contributed by atoms with E-state index in [9.17, 15) is 4.79 Å². The number of carbonyl (C=O) groups is 1. The predicted octanol–water partition coefficient (Wildman–Crippen LogP) is 2.73. The molecule has 0 fully saturated rings. The summed E-state index contributed by atoms with van der Waals surface area (Å²) in [5, 5.41) is 11.8. The Hall–Kier alpha value is -1.35. The van der Waals surface area contributed by atoms with Crippen molar-refractivity contribution in [1.29, 1.82) is 0 Å². The van der Waals surface area contributed by atoms with Gasteiger partial charge in [0.2, 0.25) is 0 Å². The zero-order valence-corrected chi connectivity index (χ0v) is 10.4. The number of benzene rings is 1. The fraction of sp³-hybridized carbons (Fsp3) is 0.500. The first kappa shape index (κ1) is 13.7. The molecule has 0 radical (unpaired) electrons. The van der Waals surface area contributed by atoms with Crippen molar-refractivity contribution in [2.75, 3.05) is 6.54 Å². The number of nitrogens with one attached hydrogen (secondary N) is 1. The third-order valence-electron chi connectivity index (χ3n) is 2.69. The molecule has 0 aromatic heterocycles. The van der Waals surface area contributed by atoms with Crippen molar-refractivity contribution in [3.8, 4) is 0 Å². The molecule has 1 rings (SSSR count). The molecule has 0 amide bonds. The lowest BCUT2D eigenvalue weighted by atomic mass is 10.1. The summed E-state index contributed by atoms with van der Waals surface area (Å²) in [7, 11) is 0. The highest BCUT2D eigenvalue weighted by Gasteiger charge is 1.96. The summed E-state index contributed by atoms with van der Waals surface area (Å²) in [5.41, 5.74) is 2.57.